The van der Waals surface area contributed by atoms with Gasteiger partial charge < -0.3 is 10.3 Å². The molecule has 0 aliphatic rings. The Morgan fingerprint density at radius 3 is 2.57 bits per heavy atom. The number of carbonyl (C=O) groups is 2. The minimum absolute atomic E-state index is 0.152. The van der Waals surface area contributed by atoms with E-state index in [4.69, 9.17) is 0 Å². The molecule has 0 fully saturated rings. The van der Waals surface area contributed by atoms with Crippen molar-refractivity contribution >= 4 is 40.4 Å². The monoisotopic (exact) mass is 465 g/mol. The zero-order valence-corrected chi connectivity index (χ0v) is 19.5. The van der Waals surface area contributed by atoms with Gasteiger partial charge in [0.15, 0.2) is 5.78 Å². The van der Waals surface area contributed by atoms with Crippen LogP contribution in [0.2, 0.25) is 0 Å². The zero-order chi connectivity index (χ0) is 24.5. The molecule has 0 bridgehead atoms. The Balaban J connectivity index is 1.39. The van der Waals surface area contributed by atoms with E-state index in [1.165, 1.54) is 4.68 Å². The fourth-order valence-electron chi connectivity index (χ4n) is 3.91. The van der Waals surface area contributed by atoms with Crippen LogP contribution in [-0.2, 0) is 7.05 Å². The Morgan fingerprint density at radius 1 is 1.03 bits per heavy atom. The number of imidazole rings is 1. The predicted molar refractivity (Wildman–Crippen MR) is 134 cm³/mol. The third-order valence-corrected chi connectivity index (χ3v) is 5.76. The Morgan fingerprint density at radius 2 is 1.83 bits per heavy atom. The van der Waals surface area contributed by atoms with Gasteiger partial charge in [0.05, 0.1) is 16.9 Å². The van der Waals surface area contributed by atoms with Crippen LogP contribution in [0.1, 0.15) is 49.2 Å². The summed E-state index contributed by atoms with van der Waals surface area (Å²) in [5.41, 5.74) is 5.13. The van der Waals surface area contributed by atoms with E-state index in [0.717, 1.165) is 33.7 Å². The molecule has 0 saturated carbocycles. The number of aryl methyl sites for hydroxylation is 3. The molecular weight excluding hydrogens is 442 g/mol. The Hall–Kier alpha value is -4.79. The van der Waals surface area contributed by atoms with Crippen molar-refractivity contribution in [2.45, 2.75) is 13.8 Å². The molecule has 5 rings (SSSR count). The average Bonchev–Trinajstić information content (AvgIpc) is 3.58. The molecule has 3 N–H and O–H groups in total. The van der Waals surface area contributed by atoms with Crippen molar-refractivity contribution in [3.05, 3.63) is 94.5 Å². The molecular formula is C26H23N7O2. The lowest BCUT2D eigenvalue weighted by Gasteiger charge is -2.11. The van der Waals surface area contributed by atoms with Gasteiger partial charge in [-0.15, -0.1) is 0 Å². The first-order valence-corrected chi connectivity index (χ1v) is 11.0. The fourth-order valence-corrected chi connectivity index (χ4v) is 3.91. The molecule has 174 valence electrons. The van der Waals surface area contributed by atoms with Gasteiger partial charge in [0.2, 0.25) is 0 Å². The molecule has 2 aromatic carbocycles. The van der Waals surface area contributed by atoms with Crippen LogP contribution < -0.4 is 5.32 Å². The number of hydrogen-bond acceptors (Lipinski definition) is 5. The third-order valence-electron chi connectivity index (χ3n) is 5.76. The first-order chi connectivity index (χ1) is 16.9. The number of aromatic amines is 2. The van der Waals surface area contributed by atoms with Crippen LogP contribution in [0.4, 0.5) is 5.69 Å². The summed E-state index contributed by atoms with van der Waals surface area (Å²) in [4.78, 5) is 33.2. The molecule has 0 aliphatic heterocycles. The first kappa shape index (κ1) is 22.0. The largest absolute Gasteiger partial charge is 0.345 e. The standard InChI is InChI=1S/C26H23N7O2/c1-15-4-5-17(13-21(15)29-26(35)23-12-16(2)32-33(23)3)25(34)18-6-7-19-20(30-31-22(19)14-18)8-9-24-27-10-11-28-24/h4-14H,1-3H3,(H,27,28)(H,29,35)(H,30,31)/b9-8+. The number of benzene rings is 2. The third kappa shape index (κ3) is 4.39. The maximum absolute atomic E-state index is 13.3. The zero-order valence-electron chi connectivity index (χ0n) is 19.5. The number of H-pyrrole nitrogens is 2. The van der Waals surface area contributed by atoms with Crippen molar-refractivity contribution in [3.8, 4) is 0 Å². The van der Waals surface area contributed by atoms with Crippen molar-refractivity contribution in [2.24, 2.45) is 7.05 Å². The highest BCUT2D eigenvalue weighted by Crippen LogP contribution is 2.24. The summed E-state index contributed by atoms with van der Waals surface area (Å²) in [6.07, 6.45) is 7.13. The summed E-state index contributed by atoms with van der Waals surface area (Å²) >= 11 is 0. The van der Waals surface area contributed by atoms with Gasteiger partial charge in [-0.2, -0.15) is 10.2 Å². The molecule has 0 unspecified atom stereocenters. The second-order valence-electron chi connectivity index (χ2n) is 8.28. The van der Waals surface area contributed by atoms with Gasteiger partial charge in [-0.3, -0.25) is 19.4 Å². The highest BCUT2D eigenvalue weighted by Gasteiger charge is 2.16. The quantitative estimate of drug-likeness (QED) is 0.323. The van der Waals surface area contributed by atoms with Crippen molar-refractivity contribution < 1.29 is 9.59 Å². The van der Waals surface area contributed by atoms with Crippen molar-refractivity contribution in [1.82, 2.24) is 29.9 Å². The van der Waals surface area contributed by atoms with Gasteiger partial charge in [0, 0.05) is 41.6 Å². The van der Waals surface area contributed by atoms with Crippen LogP contribution in [0.5, 0.6) is 0 Å². The minimum atomic E-state index is -0.283. The molecule has 0 atom stereocenters. The van der Waals surface area contributed by atoms with Gasteiger partial charge in [-0.25, -0.2) is 4.98 Å². The maximum Gasteiger partial charge on any atom is 0.273 e. The number of nitrogens with zero attached hydrogens (tertiary/aromatic N) is 4. The smallest absolute Gasteiger partial charge is 0.273 e. The van der Waals surface area contributed by atoms with E-state index in [0.29, 0.717) is 22.5 Å². The first-order valence-electron chi connectivity index (χ1n) is 11.0. The molecule has 0 aliphatic carbocycles. The van der Waals surface area contributed by atoms with Crippen LogP contribution >= 0.6 is 0 Å². The average molecular weight is 466 g/mol. The van der Waals surface area contributed by atoms with Crippen LogP contribution in [-0.4, -0.2) is 41.6 Å². The topological polar surface area (TPSA) is 121 Å². The Kier molecular flexibility index (Phi) is 5.58. The predicted octanol–water partition coefficient (Wildman–Crippen LogP) is 4.29. The van der Waals surface area contributed by atoms with Crippen LogP contribution in [0, 0.1) is 13.8 Å². The van der Waals surface area contributed by atoms with Gasteiger partial charge in [-0.05, 0) is 55.8 Å². The number of carbonyl (C=O) groups excluding carboxylic acids is 2. The second kappa shape index (κ2) is 8.86. The lowest BCUT2D eigenvalue weighted by Crippen LogP contribution is -2.17. The normalized spacial score (nSPS) is 11.4. The number of nitrogens with one attached hydrogen (secondary N) is 3. The number of fused-ring (bicyclic) bond motifs is 1. The summed E-state index contributed by atoms with van der Waals surface area (Å²) < 4.78 is 1.53. The molecule has 0 spiro atoms. The molecule has 1 amide bonds. The summed E-state index contributed by atoms with van der Waals surface area (Å²) in [5.74, 6) is 0.296. The molecule has 35 heavy (non-hydrogen) atoms. The van der Waals surface area contributed by atoms with Gasteiger partial charge >= 0.3 is 0 Å². The van der Waals surface area contributed by atoms with E-state index >= 15 is 0 Å². The number of amides is 1. The van der Waals surface area contributed by atoms with Gasteiger partial charge in [0.1, 0.15) is 11.5 Å². The van der Waals surface area contributed by atoms with Crippen molar-refractivity contribution in [2.75, 3.05) is 5.32 Å². The van der Waals surface area contributed by atoms with Crippen molar-refractivity contribution in [3.63, 3.8) is 0 Å². The highest BCUT2D eigenvalue weighted by atomic mass is 16.2. The van der Waals surface area contributed by atoms with Crippen molar-refractivity contribution in [1.29, 1.82) is 0 Å². The maximum atomic E-state index is 13.3. The highest BCUT2D eigenvalue weighted by molar-refractivity contribution is 6.12. The van der Waals surface area contributed by atoms with Gasteiger partial charge in [0.25, 0.3) is 5.91 Å². The van der Waals surface area contributed by atoms with E-state index in [-0.39, 0.29) is 11.7 Å². The number of anilines is 1. The van der Waals surface area contributed by atoms with Crippen LogP contribution in [0.15, 0.2) is 54.9 Å². The molecule has 3 heterocycles. The van der Waals surface area contributed by atoms with E-state index in [1.54, 1.807) is 49.8 Å². The van der Waals surface area contributed by atoms with Crippen LogP contribution in [0.3, 0.4) is 0 Å². The molecule has 0 saturated heterocycles. The lowest BCUT2D eigenvalue weighted by atomic mass is 9.99. The van der Waals surface area contributed by atoms with E-state index < -0.39 is 0 Å². The molecule has 3 aromatic heterocycles. The number of ketones is 1. The lowest BCUT2D eigenvalue weighted by molar-refractivity contribution is 0.101. The SMILES string of the molecule is Cc1cc(C(=O)Nc2cc(C(=O)c3ccc4c(/C=C/c5ncc[nH]5)n[nH]c4c3)ccc2C)n(C)n1. The number of aromatic nitrogens is 6. The van der Waals surface area contributed by atoms with Gasteiger partial charge in [-0.1, -0.05) is 18.2 Å². The number of rotatable bonds is 6. The second-order valence-corrected chi connectivity index (χ2v) is 8.28. The fraction of sp³-hybridized carbons (Fsp3) is 0.115. The van der Waals surface area contributed by atoms with E-state index in [1.807, 2.05) is 38.1 Å². The molecule has 5 aromatic rings. The van der Waals surface area contributed by atoms with E-state index in [2.05, 4.69) is 30.6 Å². The minimum Gasteiger partial charge on any atom is -0.345 e. The Labute approximate surface area is 200 Å². The molecule has 9 nitrogen and oxygen atoms in total. The summed E-state index contributed by atoms with van der Waals surface area (Å²) in [7, 11) is 1.72. The van der Waals surface area contributed by atoms with Crippen LogP contribution in [0.25, 0.3) is 23.1 Å². The Bertz CT molecular complexity index is 1590. The molecule has 9 heteroatoms. The van der Waals surface area contributed by atoms with E-state index in [9.17, 15) is 9.59 Å². The number of hydrogen-bond donors (Lipinski definition) is 3. The summed E-state index contributed by atoms with van der Waals surface area (Å²) in [5, 5.41) is 15.3. The summed E-state index contributed by atoms with van der Waals surface area (Å²) in [6, 6.07) is 12.4. The summed E-state index contributed by atoms with van der Waals surface area (Å²) in [6.45, 7) is 3.71. The molecule has 0 radical (unpaired) electrons.